The van der Waals surface area contributed by atoms with Gasteiger partial charge in [-0.1, -0.05) is 69.6 Å². The molecule has 0 bridgehead atoms. The van der Waals surface area contributed by atoms with E-state index in [-0.39, 0.29) is 16.1 Å². The quantitative estimate of drug-likeness (QED) is 0.247. The smallest absolute Gasteiger partial charge is 0.343 e. The van der Waals surface area contributed by atoms with E-state index in [0.29, 0.717) is 22.7 Å². The summed E-state index contributed by atoms with van der Waals surface area (Å²) in [4.78, 5) is 39.5. The van der Waals surface area contributed by atoms with Crippen molar-refractivity contribution >= 4 is 40.8 Å². The SMILES string of the molecule is CCc1ccc(N2C(=O)C(Cl)=C(Nc3ccc(C(=O)Oc4ccccc4C(C)(C)C)cc3)C2=O)cc1. The molecule has 3 aromatic carbocycles. The Morgan fingerprint density at radius 3 is 2.17 bits per heavy atom. The molecule has 1 aliphatic rings. The Labute approximate surface area is 215 Å². The van der Waals surface area contributed by atoms with Crippen molar-refractivity contribution in [3.63, 3.8) is 0 Å². The van der Waals surface area contributed by atoms with Gasteiger partial charge in [-0.05, 0) is 59.9 Å². The number of halogens is 1. The molecule has 1 heterocycles. The molecule has 7 heteroatoms. The predicted molar refractivity (Wildman–Crippen MR) is 141 cm³/mol. The van der Waals surface area contributed by atoms with E-state index in [1.807, 2.05) is 37.3 Å². The van der Waals surface area contributed by atoms with E-state index in [0.717, 1.165) is 22.4 Å². The van der Waals surface area contributed by atoms with Gasteiger partial charge < -0.3 is 10.1 Å². The fourth-order valence-electron chi connectivity index (χ4n) is 3.89. The normalized spacial score (nSPS) is 13.9. The molecule has 0 unspecified atom stereocenters. The molecule has 0 radical (unpaired) electrons. The second-order valence-corrected chi connectivity index (χ2v) is 9.87. The van der Waals surface area contributed by atoms with Crippen molar-refractivity contribution in [2.75, 3.05) is 10.2 Å². The maximum atomic E-state index is 13.0. The number of imide groups is 1. The molecule has 3 aromatic rings. The fraction of sp³-hybridized carbons (Fsp3) is 0.207. The molecule has 0 saturated heterocycles. The van der Waals surface area contributed by atoms with Gasteiger partial charge in [0.05, 0.1) is 11.3 Å². The lowest BCUT2D eigenvalue weighted by molar-refractivity contribution is -0.120. The molecule has 1 aliphatic heterocycles. The average Bonchev–Trinajstić information content (AvgIpc) is 3.07. The third kappa shape index (κ3) is 5.04. The lowest BCUT2D eigenvalue weighted by Crippen LogP contribution is -2.32. The molecule has 184 valence electrons. The molecule has 0 aromatic heterocycles. The van der Waals surface area contributed by atoms with Gasteiger partial charge in [0.1, 0.15) is 16.5 Å². The molecule has 0 fully saturated rings. The first-order valence-corrected chi connectivity index (χ1v) is 12.0. The van der Waals surface area contributed by atoms with Gasteiger partial charge in [0.2, 0.25) is 0 Å². The van der Waals surface area contributed by atoms with Gasteiger partial charge in [-0.25, -0.2) is 9.69 Å². The highest BCUT2D eigenvalue weighted by Crippen LogP contribution is 2.32. The maximum Gasteiger partial charge on any atom is 0.343 e. The van der Waals surface area contributed by atoms with Crippen molar-refractivity contribution in [3.8, 4) is 5.75 Å². The number of benzene rings is 3. The van der Waals surface area contributed by atoms with E-state index in [2.05, 4.69) is 26.1 Å². The van der Waals surface area contributed by atoms with Crippen LogP contribution >= 0.6 is 11.6 Å². The third-order valence-electron chi connectivity index (χ3n) is 5.92. The predicted octanol–water partition coefficient (Wildman–Crippen LogP) is 6.20. The van der Waals surface area contributed by atoms with Crippen LogP contribution in [0.25, 0.3) is 0 Å². The van der Waals surface area contributed by atoms with E-state index < -0.39 is 17.8 Å². The van der Waals surface area contributed by atoms with Crippen LogP contribution in [0.5, 0.6) is 5.75 Å². The van der Waals surface area contributed by atoms with Crippen molar-refractivity contribution in [2.45, 2.75) is 39.5 Å². The monoisotopic (exact) mass is 502 g/mol. The van der Waals surface area contributed by atoms with Crippen LogP contribution in [0.3, 0.4) is 0 Å². The van der Waals surface area contributed by atoms with Crippen LogP contribution in [-0.4, -0.2) is 17.8 Å². The van der Waals surface area contributed by atoms with E-state index in [1.54, 1.807) is 42.5 Å². The summed E-state index contributed by atoms with van der Waals surface area (Å²) in [5.41, 5.74) is 3.11. The number of nitrogens with one attached hydrogen (secondary N) is 1. The van der Waals surface area contributed by atoms with Gasteiger partial charge in [0.15, 0.2) is 0 Å². The maximum absolute atomic E-state index is 13.0. The summed E-state index contributed by atoms with van der Waals surface area (Å²) in [5.74, 6) is -1.12. The van der Waals surface area contributed by atoms with Gasteiger partial charge in [-0.2, -0.15) is 0 Å². The molecule has 1 N–H and O–H groups in total. The van der Waals surface area contributed by atoms with Gasteiger partial charge in [-0.15, -0.1) is 0 Å². The van der Waals surface area contributed by atoms with Gasteiger partial charge in [0, 0.05) is 11.3 Å². The molecule has 36 heavy (non-hydrogen) atoms. The van der Waals surface area contributed by atoms with E-state index in [9.17, 15) is 14.4 Å². The first-order valence-electron chi connectivity index (χ1n) is 11.7. The highest BCUT2D eigenvalue weighted by molar-refractivity contribution is 6.53. The second kappa shape index (κ2) is 9.99. The van der Waals surface area contributed by atoms with Crippen LogP contribution in [0.2, 0.25) is 0 Å². The number of esters is 1. The van der Waals surface area contributed by atoms with Gasteiger partial charge >= 0.3 is 5.97 Å². The number of hydrogen-bond donors (Lipinski definition) is 1. The van der Waals surface area contributed by atoms with Crippen molar-refractivity contribution in [1.29, 1.82) is 0 Å². The summed E-state index contributed by atoms with van der Waals surface area (Å²) in [6.07, 6.45) is 0.848. The van der Waals surface area contributed by atoms with E-state index in [1.165, 1.54) is 0 Å². The number of para-hydroxylation sites is 1. The Hall–Kier alpha value is -3.90. The number of hydrogen-bond acceptors (Lipinski definition) is 5. The summed E-state index contributed by atoms with van der Waals surface area (Å²) < 4.78 is 5.66. The lowest BCUT2D eigenvalue weighted by Gasteiger charge is -2.22. The van der Waals surface area contributed by atoms with Crippen molar-refractivity contribution in [2.24, 2.45) is 0 Å². The van der Waals surface area contributed by atoms with Crippen LogP contribution < -0.4 is 15.0 Å². The van der Waals surface area contributed by atoms with E-state index in [4.69, 9.17) is 16.3 Å². The van der Waals surface area contributed by atoms with Crippen molar-refractivity contribution in [3.05, 3.63) is 100 Å². The minimum absolute atomic E-state index is 0.0179. The standard InChI is InChI=1S/C29H27ClN2O4/c1-5-18-10-16-21(17-11-18)32-26(33)24(30)25(27(32)34)31-20-14-12-19(13-15-20)28(35)36-23-9-7-6-8-22(23)29(2,3)4/h6-17,31H,5H2,1-4H3. The number of anilines is 2. The minimum atomic E-state index is -0.592. The Kier molecular flexibility index (Phi) is 7.00. The summed E-state index contributed by atoms with van der Waals surface area (Å²) in [5, 5.41) is 2.73. The summed E-state index contributed by atoms with van der Waals surface area (Å²) in [7, 11) is 0. The number of ether oxygens (including phenoxy) is 1. The highest BCUT2D eigenvalue weighted by Gasteiger charge is 2.39. The average molecular weight is 503 g/mol. The molecule has 0 atom stereocenters. The van der Waals surface area contributed by atoms with Crippen LogP contribution in [0.15, 0.2) is 83.5 Å². The number of aryl methyl sites for hydroxylation is 1. The zero-order valence-electron chi connectivity index (χ0n) is 20.6. The van der Waals surface area contributed by atoms with E-state index >= 15 is 0 Å². The molecule has 6 nitrogen and oxygen atoms in total. The Morgan fingerprint density at radius 2 is 1.56 bits per heavy atom. The number of amides is 2. The minimum Gasteiger partial charge on any atom is -0.423 e. The summed E-state index contributed by atoms with van der Waals surface area (Å²) in [6.45, 7) is 8.18. The third-order valence-corrected chi connectivity index (χ3v) is 6.27. The Morgan fingerprint density at radius 1 is 0.917 bits per heavy atom. The van der Waals surface area contributed by atoms with Crippen LogP contribution in [-0.2, 0) is 21.4 Å². The second-order valence-electron chi connectivity index (χ2n) is 9.49. The topological polar surface area (TPSA) is 75.7 Å². The Bertz CT molecular complexity index is 1350. The molecular weight excluding hydrogens is 476 g/mol. The van der Waals surface area contributed by atoms with Crippen LogP contribution in [0.4, 0.5) is 11.4 Å². The highest BCUT2D eigenvalue weighted by atomic mass is 35.5. The fourth-order valence-corrected chi connectivity index (χ4v) is 4.11. The van der Waals surface area contributed by atoms with Crippen molar-refractivity contribution in [1.82, 2.24) is 0 Å². The Balaban J connectivity index is 1.48. The zero-order chi connectivity index (χ0) is 26.0. The molecule has 2 amide bonds. The first kappa shape index (κ1) is 25.2. The van der Waals surface area contributed by atoms with Gasteiger partial charge in [0.25, 0.3) is 11.8 Å². The van der Waals surface area contributed by atoms with Gasteiger partial charge in [-0.3, -0.25) is 9.59 Å². The molecule has 0 spiro atoms. The lowest BCUT2D eigenvalue weighted by atomic mass is 9.86. The molecule has 4 rings (SSSR count). The number of nitrogens with zero attached hydrogens (tertiary/aromatic N) is 1. The number of carbonyl (C=O) groups excluding carboxylic acids is 3. The van der Waals surface area contributed by atoms with Crippen molar-refractivity contribution < 1.29 is 19.1 Å². The van der Waals surface area contributed by atoms with Crippen LogP contribution in [0.1, 0.15) is 49.2 Å². The molecule has 0 aliphatic carbocycles. The van der Waals surface area contributed by atoms with Crippen LogP contribution in [0, 0.1) is 0 Å². The number of carbonyl (C=O) groups is 3. The first-order chi connectivity index (χ1) is 17.1. The summed E-state index contributed by atoms with van der Waals surface area (Å²) >= 11 is 6.23. The molecule has 0 saturated carbocycles. The number of rotatable bonds is 6. The molecular formula is C29H27ClN2O4. The largest absolute Gasteiger partial charge is 0.423 e. The zero-order valence-corrected chi connectivity index (χ0v) is 21.3. The summed E-state index contributed by atoms with van der Waals surface area (Å²) in [6, 6.07) is 21.0.